The molecule has 35 heavy (non-hydrogen) atoms. The van der Waals surface area contributed by atoms with Crippen LogP contribution in [-0.2, 0) is 28.8 Å². The molecule has 198 valence electrons. The summed E-state index contributed by atoms with van der Waals surface area (Å²) >= 11 is 0. The van der Waals surface area contributed by atoms with E-state index in [-0.39, 0.29) is 18.9 Å². The number of carboxylic acids is 2. The van der Waals surface area contributed by atoms with Crippen molar-refractivity contribution in [3.05, 3.63) is 0 Å². The lowest BCUT2D eigenvalue weighted by Crippen LogP contribution is -2.58. The fourth-order valence-electron chi connectivity index (χ4n) is 2.61. The monoisotopic (exact) mass is 504 g/mol. The number of rotatable bonds is 17. The molecule has 0 bridgehead atoms. The Bertz CT molecular complexity index is 816. The van der Waals surface area contributed by atoms with Crippen molar-refractivity contribution in [2.24, 2.45) is 27.9 Å². The number of primary amides is 1. The van der Waals surface area contributed by atoms with E-state index in [1.165, 1.54) is 0 Å². The molecule has 0 aliphatic rings. The first-order chi connectivity index (χ1) is 16.3. The van der Waals surface area contributed by atoms with Gasteiger partial charge < -0.3 is 54.2 Å². The number of hydrogen-bond acceptors (Lipinski definition) is 9. The average molecular weight is 505 g/mol. The van der Waals surface area contributed by atoms with Gasteiger partial charge in [-0.25, -0.2) is 4.79 Å². The number of aliphatic hydroxyl groups excluding tert-OH is 1. The van der Waals surface area contributed by atoms with Crippen LogP contribution in [0.15, 0.2) is 4.99 Å². The van der Waals surface area contributed by atoms with E-state index in [1.54, 1.807) is 0 Å². The van der Waals surface area contributed by atoms with Crippen LogP contribution in [0.5, 0.6) is 0 Å². The SMILES string of the molecule is NC(=O)CC(NC(=O)C(CCC(=O)O)NC(=O)C(CO)NC(=O)C(N)CCCN=C(N)N)C(=O)O. The van der Waals surface area contributed by atoms with E-state index in [0.29, 0.717) is 6.42 Å². The highest BCUT2D eigenvalue weighted by Crippen LogP contribution is 2.03. The van der Waals surface area contributed by atoms with Crippen LogP contribution >= 0.6 is 0 Å². The average Bonchev–Trinajstić information content (AvgIpc) is 2.75. The van der Waals surface area contributed by atoms with Crippen LogP contribution in [0, 0.1) is 0 Å². The highest BCUT2D eigenvalue weighted by molar-refractivity contribution is 5.95. The summed E-state index contributed by atoms with van der Waals surface area (Å²) in [6.07, 6.45) is -1.33. The minimum absolute atomic E-state index is 0.133. The molecule has 0 aliphatic carbocycles. The first kappa shape index (κ1) is 31.0. The molecule has 0 radical (unpaired) electrons. The van der Waals surface area contributed by atoms with Gasteiger partial charge in [0.25, 0.3) is 0 Å². The number of carbonyl (C=O) groups excluding carboxylic acids is 4. The number of aliphatic hydroxyl groups is 1. The third kappa shape index (κ3) is 13.3. The van der Waals surface area contributed by atoms with Crippen molar-refractivity contribution in [2.45, 2.75) is 56.3 Å². The highest BCUT2D eigenvalue weighted by Gasteiger charge is 2.31. The molecular formula is C18H32N8O9. The third-order valence-corrected chi connectivity index (χ3v) is 4.42. The summed E-state index contributed by atoms with van der Waals surface area (Å²) in [5.74, 6) is -7.05. The second kappa shape index (κ2) is 15.8. The second-order valence-corrected chi connectivity index (χ2v) is 7.36. The molecular weight excluding hydrogens is 472 g/mol. The quantitative estimate of drug-likeness (QED) is 0.0504. The van der Waals surface area contributed by atoms with Gasteiger partial charge in [-0.15, -0.1) is 0 Å². The summed E-state index contributed by atoms with van der Waals surface area (Å²) in [4.78, 5) is 74.1. The van der Waals surface area contributed by atoms with Gasteiger partial charge in [0.1, 0.15) is 18.1 Å². The standard InChI is InChI=1S/C18H32N8O9/c19-8(2-1-5-23-18(21)22)14(31)26-11(7-27)16(33)24-9(3-4-13(29)30)15(32)25-10(17(34)35)6-12(20)28/h8-11,27H,1-7,19H2,(H2,20,28)(H,24,33)(H,25,32)(H,26,31)(H,29,30)(H,34,35)(H4,21,22,23). The van der Waals surface area contributed by atoms with Gasteiger partial charge in [0.05, 0.1) is 19.1 Å². The number of aliphatic imine (C=N–C) groups is 1. The Kier molecular flexibility index (Phi) is 14.0. The molecule has 4 unspecified atom stereocenters. The molecule has 0 aromatic carbocycles. The maximum Gasteiger partial charge on any atom is 0.326 e. The molecule has 14 N–H and O–H groups in total. The number of carbonyl (C=O) groups is 6. The topological polar surface area (TPSA) is 316 Å². The lowest BCUT2D eigenvalue weighted by Gasteiger charge is -2.24. The maximum atomic E-state index is 12.5. The summed E-state index contributed by atoms with van der Waals surface area (Å²) in [7, 11) is 0. The van der Waals surface area contributed by atoms with E-state index in [9.17, 15) is 33.9 Å². The Morgan fingerprint density at radius 1 is 0.800 bits per heavy atom. The van der Waals surface area contributed by atoms with Gasteiger partial charge in [-0.2, -0.15) is 0 Å². The van der Waals surface area contributed by atoms with Gasteiger partial charge in [-0.05, 0) is 19.3 Å². The zero-order chi connectivity index (χ0) is 27.1. The van der Waals surface area contributed by atoms with Crippen LogP contribution in [0.1, 0.15) is 32.1 Å². The van der Waals surface area contributed by atoms with E-state index >= 15 is 0 Å². The third-order valence-electron chi connectivity index (χ3n) is 4.42. The molecule has 0 spiro atoms. The van der Waals surface area contributed by atoms with Crippen LogP contribution in [0.3, 0.4) is 0 Å². The van der Waals surface area contributed by atoms with Crippen molar-refractivity contribution in [3.63, 3.8) is 0 Å². The first-order valence-corrected chi connectivity index (χ1v) is 10.3. The number of aliphatic carboxylic acids is 2. The van der Waals surface area contributed by atoms with Crippen molar-refractivity contribution in [3.8, 4) is 0 Å². The summed E-state index contributed by atoms with van der Waals surface area (Å²) in [5.41, 5.74) is 21.0. The van der Waals surface area contributed by atoms with Gasteiger partial charge in [-0.1, -0.05) is 0 Å². The Balaban J connectivity index is 5.24. The zero-order valence-corrected chi connectivity index (χ0v) is 18.8. The minimum Gasteiger partial charge on any atom is -0.481 e. The predicted molar refractivity (Wildman–Crippen MR) is 119 cm³/mol. The van der Waals surface area contributed by atoms with E-state index < -0.39 is 85.6 Å². The second-order valence-electron chi connectivity index (χ2n) is 7.36. The van der Waals surface area contributed by atoms with Crippen LogP contribution < -0.4 is 38.9 Å². The van der Waals surface area contributed by atoms with Crippen LogP contribution in [0.2, 0.25) is 0 Å². The van der Waals surface area contributed by atoms with Gasteiger partial charge >= 0.3 is 11.9 Å². The Morgan fingerprint density at radius 2 is 1.34 bits per heavy atom. The number of amides is 4. The molecule has 17 nitrogen and oxygen atoms in total. The molecule has 4 atom stereocenters. The fraction of sp³-hybridized carbons (Fsp3) is 0.611. The number of nitrogens with two attached hydrogens (primary N) is 4. The smallest absolute Gasteiger partial charge is 0.326 e. The van der Waals surface area contributed by atoms with Crippen molar-refractivity contribution in [1.29, 1.82) is 0 Å². The number of guanidine groups is 1. The predicted octanol–water partition coefficient (Wildman–Crippen LogP) is -5.36. The van der Waals surface area contributed by atoms with Gasteiger partial charge in [0.2, 0.25) is 23.6 Å². The highest BCUT2D eigenvalue weighted by atomic mass is 16.4. The lowest BCUT2D eigenvalue weighted by atomic mass is 10.1. The molecule has 17 heteroatoms. The summed E-state index contributed by atoms with van der Waals surface area (Å²) < 4.78 is 0. The van der Waals surface area contributed by atoms with Crippen molar-refractivity contribution in [1.82, 2.24) is 16.0 Å². The molecule has 0 saturated heterocycles. The lowest BCUT2D eigenvalue weighted by molar-refractivity contribution is -0.144. The fourth-order valence-corrected chi connectivity index (χ4v) is 2.61. The molecule has 4 amide bonds. The normalized spacial score (nSPS) is 13.9. The Morgan fingerprint density at radius 3 is 1.83 bits per heavy atom. The van der Waals surface area contributed by atoms with Crippen LogP contribution in [0.25, 0.3) is 0 Å². The summed E-state index contributed by atoms with van der Waals surface area (Å²) in [6, 6.07) is -5.95. The van der Waals surface area contributed by atoms with E-state index in [4.69, 9.17) is 33.1 Å². The van der Waals surface area contributed by atoms with Crippen molar-refractivity contribution in [2.75, 3.05) is 13.2 Å². The Labute approximate surface area is 199 Å². The van der Waals surface area contributed by atoms with Crippen LogP contribution in [0.4, 0.5) is 0 Å². The van der Waals surface area contributed by atoms with Gasteiger partial charge in [-0.3, -0.25) is 29.0 Å². The maximum absolute atomic E-state index is 12.5. The zero-order valence-electron chi connectivity index (χ0n) is 18.8. The van der Waals surface area contributed by atoms with Crippen LogP contribution in [-0.4, -0.2) is 94.2 Å². The van der Waals surface area contributed by atoms with Crippen molar-refractivity contribution >= 4 is 41.5 Å². The molecule has 0 aliphatic heterocycles. The molecule has 0 rings (SSSR count). The number of carboxylic acid groups (broad SMARTS) is 2. The molecule has 0 aromatic rings. The largest absolute Gasteiger partial charge is 0.481 e. The van der Waals surface area contributed by atoms with E-state index in [2.05, 4.69) is 15.6 Å². The summed E-state index contributed by atoms with van der Waals surface area (Å²) in [5, 5.41) is 33.8. The van der Waals surface area contributed by atoms with Gasteiger partial charge in [0, 0.05) is 13.0 Å². The van der Waals surface area contributed by atoms with Gasteiger partial charge in [0.15, 0.2) is 5.96 Å². The van der Waals surface area contributed by atoms with Crippen molar-refractivity contribution < 1.29 is 44.1 Å². The summed E-state index contributed by atoms with van der Waals surface area (Å²) in [6.45, 7) is -0.689. The van der Waals surface area contributed by atoms with E-state index in [0.717, 1.165) is 0 Å². The molecule has 0 fully saturated rings. The van der Waals surface area contributed by atoms with E-state index in [1.807, 2.05) is 5.32 Å². The Hall–Kier alpha value is -3.99. The molecule has 0 saturated carbocycles. The first-order valence-electron chi connectivity index (χ1n) is 10.3. The number of hydrogen-bond donors (Lipinski definition) is 10. The molecule has 0 heterocycles. The number of nitrogens with one attached hydrogen (secondary N) is 3. The number of nitrogens with zero attached hydrogens (tertiary/aromatic N) is 1. The molecule has 0 aromatic heterocycles. The minimum atomic E-state index is -1.73.